The number of nitrogens with one attached hydrogen (secondary N) is 1. The number of amides is 1. The molecule has 16 heavy (non-hydrogen) atoms. The number of hydrogen-bond donors (Lipinski definition) is 2. The molecule has 0 heterocycles. The summed E-state index contributed by atoms with van der Waals surface area (Å²) in [5.41, 5.74) is 6.80. The molecule has 1 amide bonds. The number of rotatable bonds is 5. The molecule has 0 aliphatic rings. The van der Waals surface area contributed by atoms with Gasteiger partial charge in [0.25, 0.3) is 0 Å². The number of carbonyl (C=O) groups is 1. The van der Waals surface area contributed by atoms with Crippen LogP contribution in [0.5, 0.6) is 0 Å². The molecule has 88 valence electrons. The Labute approximate surface area is 105 Å². The lowest BCUT2D eigenvalue weighted by molar-refractivity contribution is -0.122. The van der Waals surface area contributed by atoms with Crippen molar-refractivity contribution in [2.45, 2.75) is 25.8 Å². The summed E-state index contributed by atoms with van der Waals surface area (Å²) in [6.45, 7) is 2.53. The van der Waals surface area contributed by atoms with Gasteiger partial charge in [-0.3, -0.25) is 4.79 Å². The summed E-state index contributed by atoms with van der Waals surface area (Å²) >= 11 is 3.38. The topological polar surface area (TPSA) is 55.1 Å². The van der Waals surface area contributed by atoms with Crippen molar-refractivity contribution in [1.82, 2.24) is 5.32 Å². The molecular formula is C12H17BrN2O. The van der Waals surface area contributed by atoms with Crippen molar-refractivity contribution >= 4 is 21.8 Å². The molecule has 0 saturated carbocycles. The fraction of sp³-hybridized carbons (Fsp3) is 0.417. The minimum Gasteiger partial charge on any atom is -0.354 e. The highest BCUT2D eigenvalue weighted by Gasteiger charge is 2.09. The van der Waals surface area contributed by atoms with E-state index in [1.54, 1.807) is 0 Å². The van der Waals surface area contributed by atoms with Gasteiger partial charge in [-0.2, -0.15) is 0 Å². The third-order valence-electron chi connectivity index (χ3n) is 2.40. The largest absolute Gasteiger partial charge is 0.354 e. The highest BCUT2D eigenvalue weighted by molar-refractivity contribution is 9.10. The summed E-state index contributed by atoms with van der Waals surface area (Å²) in [5.74, 6) is -0.0698. The Morgan fingerprint density at radius 1 is 1.44 bits per heavy atom. The van der Waals surface area contributed by atoms with Gasteiger partial charge in [-0.15, -0.1) is 0 Å². The maximum absolute atomic E-state index is 11.4. The summed E-state index contributed by atoms with van der Waals surface area (Å²) in [6.07, 6.45) is 1.50. The van der Waals surface area contributed by atoms with Gasteiger partial charge in [0.2, 0.25) is 5.91 Å². The van der Waals surface area contributed by atoms with E-state index in [9.17, 15) is 4.79 Å². The minimum atomic E-state index is -0.384. The van der Waals surface area contributed by atoms with Crippen LogP contribution in [-0.4, -0.2) is 18.5 Å². The number of nitrogens with two attached hydrogens (primary N) is 1. The monoisotopic (exact) mass is 284 g/mol. The molecule has 3 nitrogen and oxygen atoms in total. The molecule has 1 aromatic carbocycles. The van der Waals surface area contributed by atoms with Crippen LogP contribution in [0.1, 0.15) is 18.9 Å². The Kier molecular flexibility index (Phi) is 5.49. The van der Waals surface area contributed by atoms with E-state index in [0.717, 1.165) is 10.9 Å². The van der Waals surface area contributed by atoms with Crippen LogP contribution in [0.3, 0.4) is 0 Å². The first-order valence-electron chi connectivity index (χ1n) is 5.41. The molecule has 0 saturated heterocycles. The van der Waals surface area contributed by atoms with Crippen molar-refractivity contribution in [2.75, 3.05) is 6.54 Å². The average molecular weight is 285 g/mol. The lowest BCUT2D eigenvalue weighted by Gasteiger charge is -2.09. The normalized spacial score (nSPS) is 12.2. The number of hydrogen-bond acceptors (Lipinski definition) is 2. The van der Waals surface area contributed by atoms with Crippen LogP contribution in [0.4, 0.5) is 0 Å². The lowest BCUT2D eigenvalue weighted by Crippen LogP contribution is -2.40. The van der Waals surface area contributed by atoms with Crippen molar-refractivity contribution in [1.29, 1.82) is 0 Å². The van der Waals surface area contributed by atoms with E-state index in [4.69, 9.17) is 5.73 Å². The highest BCUT2D eigenvalue weighted by Crippen LogP contribution is 2.10. The fourth-order valence-electron chi connectivity index (χ4n) is 1.30. The summed E-state index contributed by atoms with van der Waals surface area (Å²) < 4.78 is 1.06. The predicted molar refractivity (Wildman–Crippen MR) is 69.1 cm³/mol. The smallest absolute Gasteiger partial charge is 0.236 e. The van der Waals surface area contributed by atoms with Crippen molar-refractivity contribution in [3.8, 4) is 0 Å². The fourth-order valence-corrected chi connectivity index (χ4v) is 1.56. The molecule has 0 spiro atoms. The Morgan fingerprint density at radius 2 is 2.06 bits per heavy atom. The zero-order chi connectivity index (χ0) is 12.0. The van der Waals surface area contributed by atoms with E-state index >= 15 is 0 Å². The van der Waals surface area contributed by atoms with Crippen molar-refractivity contribution < 1.29 is 4.79 Å². The second kappa shape index (κ2) is 6.66. The summed E-state index contributed by atoms with van der Waals surface area (Å²) in [5, 5.41) is 2.82. The van der Waals surface area contributed by atoms with Crippen molar-refractivity contribution in [3.63, 3.8) is 0 Å². The van der Waals surface area contributed by atoms with Crippen molar-refractivity contribution in [2.24, 2.45) is 5.73 Å². The van der Waals surface area contributed by atoms with Gasteiger partial charge in [0.15, 0.2) is 0 Å². The SMILES string of the molecule is CC[C@H](N)C(=O)NCCc1ccc(Br)cc1. The van der Waals surface area contributed by atoms with Gasteiger partial charge in [-0.05, 0) is 30.5 Å². The van der Waals surface area contributed by atoms with Gasteiger partial charge in [0, 0.05) is 11.0 Å². The molecule has 4 heteroatoms. The minimum absolute atomic E-state index is 0.0698. The lowest BCUT2D eigenvalue weighted by atomic mass is 10.1. The van der Waals surface area contributed by atoms with Crippen LogP contribution in [0.15, 0.2) is 28.7 Å². The van der Waals surface area contributed by atoms with Crippen molar-refractivity contribution in [3.05, 3.63) is 34.3 Å². The van der Waals surface area contributed by atoms with E-state index in [1.165, 1.54) is 5.56 Å². The Morgan fingerprint density at radius 3 is 2.62 bits per heavy atom. The molecule has 1 aromatic rings. The first-order valence-corrected chi connectivity index (χ1v) is 6.20. The maximum Gasteiger partial charge on any atom is 0.236 e. The third-order valence-corrected chi connectivity index (χ3v) is 2.93. The van der Waals surface area contributed by atoms with Gasteiger partial charge in [-0.25, -0.2) is 0 Å². The first-order chi connectivity index (χ1) is 7.63. The zero-order valence-corrected chi connectivity index (χ0v) is 11.0. The van der Waals surface area contributed by atoms with Crippen LogP contribution >= 0.6 is 15.9 Å². The number of carbonyl (C=O) groups excluding carboxylic acids is 1. The van der Waals surface area contributed by atoms with Crippen LogP contribution in [0.2, 0.25) is 0 Å². The molecule has 1 atom stereocenters. The van der Waals surface area contributed by atoms with E-state index < -0.39 is 0 Å². The molecular weight excluding hydrogens is 268 g/mol. The van der Waals surface area contributed by atoms with E-state index in [2.05, 4.69) is 21.2 Å². The molecule has 3 N–H and O–H groups in total. The van der Waals surface area contributed by atoms with Crippen LogP contribution < -0.4 is 11.1 Å². The average Bonchev–Trinajstić information content (AvgIpc) is 2.30. The molecule has 1 rings (SSSR count). The maximum atomic E-state index is 11.4. The molecule has 0 bridgehead atoms. The molecule has 0 radical (unpaired) electrons. The first kappa shape index (κ1) is 13.2. The van der Waals surface area contributed by atoms with Gasteiger partial charge in [0.05, 0.1) is 6.04 Å². The van der Waals surface area contributed by atoms with Crippen LogP contribution in [0, 0.1) is 0 Å². The zero-order valence-electron chi connectivity index (χ0n) is 9.37. The Hall–Kier alpha value is -0.870. The summed E-state index contributed by atoms with van der Waals surface area (Å²) in [6, 6.07) is 7.68. The summed E-state index contributed by atoms with van der Waals surface area (Å²) in [4.78, 5) is 11.4. The third kappa shape index (κ3) is 4.33. The van der Waals surface area contributed by atoms with E-state index in [-0.39, 0.29) is 11.9 Å². The quantitative estimate of drug-likeness (QED) is 0.867. The highest BCUT2D eigenvalue weighted by atomic mass is 79.9. The molecule has 0 aliphatic carbocycles. The molecule has 0 aliphatic heterocycles. The number of benzene rings is 1. The molecule has 0 unspecified atom stereocenters. The predicted octanol–water partition coefficient (Wildman–Crippen LogP) is 1.85. The Bertz CT molecular complexity index is 337. The van der Waals surface area contributed by atoms with Gasteiger partial charge < -0.3 is 11.1 Å². The van der Waals surface area contributed by atoms with Crippen LogP contribution in [0.25, 0.3) is 0 Å². The second-order valence-corrected chi connectivity index (χ2v) is 4.60. The van der Waals surface area contributed by atoms with E-state index in [0.29, 0.717) is 13.0 Å². The molecule has 0 aromatic heterocycles. The standard InChI is InChI=1S/C12H17BrN2O/c1-2-11(14)12(16)15-8-7-9-3-5-10(13)6-4-9/h3-6,11H,2,7-8,14H2,1H3,(H,15,16)/t11-/m0/s1. The second-order valence-electron chi connectivity index (χ2n) is 3.68. The number of halogens is 1. The van der Waals surface area contributed by atoms with Gasteiger partial charge in [0.1, 0.15) is 0 Å². The molecule has 0 fully saturated rings. The Balaban J connectivity index is 2.30. The van der Waals surface area contributed by atoms with Crippen LogP contribution in [-0.2, 0) is 11.2 Å². The van der Waals surface area contributed by atoms with E-state index in [1.807, 2.05) is 31.2 Å². The van der Waals surface area contributed by atoms with Gasteiger partial charge in [-0.1, -0.05) is 35.0 Å². The summed E-state index contributed by atoms with van der Waals surface area (Å²) in [7, 11) is 0. The van der Waals surface area contributed by atoms with Gasteiger partial charge >= 0.3 is 0 Å².